The summed E-state index contributed by atoms with van der Waals surface area (Å²) in [7, 11) is 0. The van der Waals surface area contributed by atoms with Crippen LogP contribution in [-0.2, 0) is 6.54 Å². The third-order valence-corrected chi connectivity index (χ3v) is 3.24. The summed E-state index contributed by atoms with van der Waals surface area (Å²) in [6, 6.07) is 12.1. The highest BCUT2D eigenvalue weighted by molar-refractivity contribution is 5.21. The van der Waals surface area contributed by atoms with E-state index in [-0.39, 0.29) is 6.04 Å². The summed E-state index contributed by atoms with van der Waals surface area (Å²) < 4.78 is 7.80. The molecule has 1 unspecified atom stereocenters. The Hall–Kier alpha value is -1.74. The summed E-state index contributed by atoms with van der Waals surface area (Å²) in [6.45, 7) is 5.77. The molecule has 3 nitrogen and oxygen atoms in total. The van der Waals surface area contributed by atoms with Crippen LogP contribution in [0.15, 0.2) is 48.8 Å². The molecule has 0 bridgehead atoms. The first-order chi connectivity index (χ1) is 9.16. The molecule has 0 aliphatic rings. The van der Waals surface area contributed by atoms with Crippen LogP contribution in [0.25, 0.3) is 0 Å². The Balaban J connectivity index is 1.84. The lowest BCUT2D eigenvalue weighted by Crippen LogP contribution is -2.16. The van der Waals surface area contributed by atoms with Gasteiger partial charge >= 0.3 is 0 Å². The maximum absolute atomic E-state index is 6.13. The molecule has 0 spiro atoms. The Morgan fingerprint density at radius 2 is 1.89 bits per heavy atom. The highest BCUT2D eigenvalue weighted by Crippen LogP contribution is 2.18. The van der Waals surface area contributed by atoms with Gasteiger partial charge < -0.3 is 15.0 Å². The average molecular weight is 258 g/mol. The minimum atomic E-state index is 0.108. The largest absolute Gasteiger partial charge is 0.492 e. The topological polar surface area (TPSA) is 40.2 Å². The fraction of sp³-hybridized carbons (Fsp3) is 0.375. The Kier molecular flexibility index (Phi) is 4.63. The van der Waals surface area contributed by atoms with Crippen molar-refractivity contribution in [3.8, 4) is 5.75 Å². The summed E-state index contributed by atoms with van der Waals surface area (Å²) in [6.07, 6.45) is 4.17. The molecular weight excluding hydrogens is 236 g/mol. The third-order valence-electron chi connectivity index (χ3n) is 3.24. The maximum Gasteiger partial charge on any atom is 0.119 e. The molecule has 2 rings (SSSR count). The lowest BCUT2D eigenvalue weighted by atomic mass is 10.00. The Labute approximate surface area is 115 Å². The fourth-order valence-corrected chi connectivity index (χ4v) is 1.97. The second kappa shape index (κ2) is 6.43. The first-order valence-electron chi connectivity index (χ1n) is 6.76. The number of nitrogens with zero attached hydrogens (tertiary/aromatic N) is 1. The molecule has 102 valence electrons. The van der Waals surface area contributed by atoms with Gasteiger partial charge in [-0.05, 0) is 29.7 Å². The highest BCUT2D eigenvalue weighted by Gasteiger charge is 2.11. The number of hydrogen-bond donors (Lipinski definition) is 1. The molecule has 3 heteroatoms. The van der Waals surface area contributed by atoms with Crippen LogP contribution in [0.4, 0.5) is 0 Å². The first-order valence-corrected chi connectivity index (χ1v) is 6.76. The Morgan fingerprint density at radius 3 is 2.58 bits per heavy atom. The van der Waals surface area contributed by atoms with Gasteiger partial charge in [-0.3, -0.25) is 0 Å². The van der Waals surface area contributed by atoms with Gasteiger partial charge in [0.2, 0.25) is 0 Å². The monoisotopic (exact) mass is 258 g/mol. The summed E-state index contributed by atoms with van der Waals surface area (Å²) in [5.74, 6) is 1.37. The standard InChI is InChI=1S/C16H22N2O/c1-13(2)16(17)14-8-9-18(12-14)10-11-19-15-6-4-3-5-7-15/h3-9,12-13,16H,10-11,17H2,1-2H3. The van der Waals surface area contributed by atoms with Crippen molar-refractivity contribution in [1.82, 2.24) is 4.57 Å². The molecule has 1 heterocycles. The summed E-state index contributed by atoms with van der Waals surface area (Å²) >= 11 is 0. The quantitative estimate of drug-likeness (QED) is 0.864. The average Bonchev–Trinajstić information content (AvgIpc) is 2.88. The van der Waals surface area contributed by atoms with Gasteiger partial charge in [0, 0.05) is 18.4 Å². The van der Waals surface area contributed by atoms with Crippen LogP contribution in [0.5, 0.6) is 5.75 Å². The molecule has 1 aromatic heterocycles. The summed E-state index contributed by atoms with van der Waals surface area (Å²) in [5, 5.41) is 0. The van der Waals surface area contributed by atoms with E-state index in [1.165, 1.54) is 5.56 Å². The number of ether oxygens (including phenoxy) is 1. The second-order valence-corrected chi connectivity index (χ2v) is 5.11. The van der Waals surface area contributed by atoms with Gasteiger partial charge in [0.1, 0.15) is 12.4 Å². The molecule has 0 saturated carbocycles. The van der Waals surface area contributed by atoms with Crippen LogP contribution in [0.2, 0.25) is 0 Å². The van der Waals surface area contributed by atoms with Gasteiger partial charge in [-0.2, -0.15) is 0 Å². The lowest BCUT2D eigenvalue weighted by molar-refractivity contribution is 0.298. The summed E-state index contributed by atoms with van der Waals surface area (Å²) in [4.78, 5) is 0. The van der Waals surface area contributed by atoms with E-state index in [9.17, 15) is 0 Å². The van der Waals surface area contributed by atoms with Crippen molar-refractivity contribution in [2.75, 3.05) is 6.61 Å². The van der Waals surface area contributed by atoms with Crippen LogP contribution in [0.1, 0.15) is 25.5 Å². The minimum Gasteiger partial charge on any atom is -0.492 e. The van der Waals surface area contributed by atoms with Crippen molar-refractivity contribution < 1.29 is 4.74 Å². The van der Waals surface area contributed by atoms with Gasteiger partial charge in [0.15, 0.2) is 0 Å². The summed E-state index contributed by atoms with van der Waals surface area (Å²) in [5.41, 5.74) is 7.32. The number of nitrogens with two attached hydrogens (primary N) is 1. The Bertz CT molecular complexity index is 490. The number of benzene rings is 1. The van der Waals surface area contributed by atoms with E-state index in [0.29, 0.717) is 12.5 Å². The van der Waals surface area contributed by atoms with E-state index in [1.807, 2.05) is 30.3 Å². The predicted octanol–water partition coefficient (Wildman–Crippen LogP) is 3.22. The number of aromatic nitrogens is 1. The molecule has 2 N–H and O–H groups in total. The van der Waals surface area contributed by atoms with Crippen LogP contribution in [-0.4, -0.2) is 11.2 Å². The molecule has 19 heavy (non-hydrogen) atoms. The molecule has 1 aromatic carbocycles. The van der Waals surface area contributed by atoms with Crippen LogP contribution in [0, 0.1) is 5.92 Å². The number of hydrogen-bond acceptors (Lipinski definition) is 2. The van der Waals surface area contributed by atoms with Crippen molar-refractivity contribution in [3.05, 3.63) is 54.4 Å². The molecule has 0 amide bonds. The van der Waals surface area contributed by atoms with Crippen molar-refractivity contribution in [1.29, 1.82) is 0 Å². The van der Waals surface area contributed by atoms with E-state index in [0.717, 1.165) is 12.3 Å². The van der Waals surface area contributed by atoms with Crippen molar-refractivity contribution in [2.24, 2.45) is 11.7 Å². The normalized spacial score (nSPS) is 12.6. The van der Waals surface area contributed by atoms with E-state index < -0.39 is 0 Å². The van der Waals surface area contributed by atoms with E-state index >= 15 is 0 Å². The molecule has 0 fully saturated rings. The van der Waals surface area contributed by atoms with Crippen LogP contribution < -0.4 is 10.5 Å². The number of rotatable bonds is 6. The van der Waals surface area contributed by atoms with Gasteiger partial charge in [-0.15, -0.1) is 0 Å². The molecule has 2 aromatic rings. The maximum atomic E-state index is 6.13. The zero-order valence-corrected chi connectivity index (χ0v) is 11.6. The second-order valence-electron chi connectivity index (χ2n) is 5.11. The molecule has 1 atom stereocenters. The molecule has 0 saturated heterocycles. The van der Waals surface area contributed by atoms with Crippen LogP contribution in [0.3, 0.4) is 0 Å². The van der Waals surface area contributed by atoms with Gasteiger partial charge in [0.05, 0.1) is 6.54 Å². The smallest absolute Gasteiger partial charge is 0.119 e. The first kappa shape index (κ1) is 13.7. The van der Waals surface area contributed by atoms with Gasteiger partial charge in [-0.25, -0.2) is 0 Å². The van der Waals surface area contributed by atoms with E-state index in [1.54, 1.807) is 0 Å². The van der Waals surface area contributed by atoms with Crippen molar-refractivity contribution in [3.63, 3.8) is 0 Å². The van der Waals surface area contributed by atoms with Crippen molar-refractivity contribution >= 4 is 0 Å². The van der Waals surface area contributed by atoms with Gasteiger partial charge in [0.25, 0.3) is 0 Å². The molecule has 0 aliphatic heterocycles. The third kappa shape index (κ3) is 3.86. The number of para-hydroxylation sites is 1. The van der Waals surface area contributed by atoms with E-state index in [4.69, 9.17) is 10.5 Å². The molecular formula is C16H22N2O. The van der Waals surface area contributed by atoms with Crippen LogP contribution >= 0.6 is 0 Å². The zero-order valence-electron chi connectivity index (χ0n) is 11.6. The van der Waals surface area contributed by atoms with Crippen molar-refractivity contribution in [2.45, 2.75) is 26.4 Å². The lowest BCUT2D eigenvalue weighted by Gasteiger charge is -2.13. The zero-order chi connectivity index (χ0) is 13.7. The SMILES string of the molecule is CC(C)C(N)c1ccn(CCOc2ccccc2)c1. The molecule has 0 aliphatic carbocycles. The predicted molar refractivity (Wildman–Crippen MR) is 78.1 cm³/mol. The molecule has 0 radical (unpaired) electrons. The van der Waals surface area contributed by atoms with Gasteiger partial charge in [-0.1, -0.05) is 32.0 Å². The van der Waals surface area contributed by atoms with E-state index in [2.05, 4.69) is 36.9 Å². The fourth-order valence-electron chi connectivity index (χ4n) is 1.97. The highest BCUT2D eigenvalue weighted by atomic mass is 16.5. The minimum absolute atomic E-state index is 0.108. The Morgan fingerprint density at radius 1 is 1.16 bits per heavy atom.